The summed E-state index contributed by atoms with van der Waals surface area (Å²) in [4.78, 5) is 6.30. The number of anilines is 1. The van der Waals surface area contributed by atoms with Gasteiger partial charge < -0.3 is 28.3 Å². The standard InChI is InChI=1S/C21H25N3O5/c1-13-11-24(12-14(2)28-13)21-16(10-22)23-19(29-21)7-6-15-8-17(25-3)20(27-5)18(9-15)26-4/h6-9,13-14H,11-12H2,1-5H3/b7-6+/t13-,14+. The largest absolute Gasteiger partial charge is 0.493 e. The Morgan fingerprint density at radius 3 is 2.21 bits per heavy atom. The molecule has 154 valence electrons. The van der Waals surface area contributed by atoms with Crippen molar-refractivity contribution in [2.75, 3.05) is 39.3 Å². The van der Waals surface area contributed by atoms with Crippen LogP contribution in [0.4, 0.5) is 5.88 Å². The van der Waals surface area contributed by atoms with Gasteiger partial charge in [0.25, 0.3) is 0 Å². The van der Waals surface area contributed by atoms with Crippen LogP contribution in [-0.2, 0) is 4.74 Å². The molecule has 1 aromatic heterocycles. The molecule has 1 aromatic carbocycles. The molecule has 1 saturated heterocycles. The zero-order valence-corrected chi connectivity index (χ0v) is 17.3. The van der Waals surface area contributed by atoms with E-state index in [1.807, 2.05) is 37.0 Å². The number of aromatic nitrogens is 1. The van der Waals surface area contributed by atoms with E-state index in [0.29, 0.717) is 42.1 Å². The summed E-state index contributed by atoms with van der Waals surface area (Å²) in [5.74, 6) is 2.44. The van der Waals surface area contributed by atoms with Gasteiger partial charge in [0.15, 0.2) is 11.5 Å². The van der Waals surface area contributed by atoms with E-state index in [4.69, 9.17) is 23.4 Å². The highest BCUT2D eigenvalue weighted by Gasteiger charge is 2.27. The molecular formula is C21H25N3O5. The number of rotatable bonds is 6. The Morgan fingerprint density at radius 1 is 1.07 bits per heavy atom. The Hall–Kier alpha value is -3.18. The van der Waals surface area contributed by atoms with Crippen molar-refractivity contribution in [1.82, 2.24) is 4.98 Å². The summed E-state index contributed by atoms with van der Waals surface area (Å²) in [5, 5.41) is 9.47. The second-order valence-corrected chi connectivity index (χ2v) is 6.77. The Kier molecular flexibility index (Phi) is 6.29. The van der Waals surface area contributed by atoms with Crippen LogP contribution in [0.15, 0.2) is 16.5 Å². The molecule has 8 nitrogen and oxygen atoms in total. The third-order valence-corrected chi connectivity index (χ3v) is 4.54. The maximum Gasteiger partial charge on any atom is 0.235 e. The van der Waals surface area contributed by atoms with E-state index < -0.39 is 0 Å². The molecule has 1 aliphatic rings. The van der Waals surface area contributed by atoms with Crippen molar-refractivity contribution in [1.29, 1.82) is 5.26 Å². The van der Waals surface area contributed by atoms with E-state index in [-0.39, 0.29) is 17.9 Å². The monoisotopic (exact) mass is 399 g/mol. The summed E-state index contributed by atoms with van der Waals surface area (Å²) in [7, 11) is 4.68. The number of nitriles is 1. The van der Waals surface area contributed by atoms with Crippen LogP contribution in [0.1, 0.15) is 31.0 Å². The molecule has 2 atom stereocenters. The first-order valence-corrected chi connectivity index (χ1v) is 9.28. The first-order valence-electron chi connectivity index (χ1n) is 9.28. The lowest BCUT2D eigenvalue weighted by atomic mass is 10.1. The van der Waals surface area contributed by atoms with Gasteiger partial charge in [0.2, 0.25) is 23.2 Å². The molecule has 8 heteroatoms. The van der Waals surface area contributed by atoms with Crippen LogP contribution in [0.3, 0.4) is 0 Å². The maximum absolute atomic E-state index is 9.47. The number of nitrogens with zero attached hydrogens (tertiary/aromatic N) is 3. The van der Waals surface area contributed by atoms with E-state index >= 15 is 0 Å². The Labute approximate surface area is 170 Å². The highest BCUT2D eigenvalue weighted by atomic mass is 16.5. The van der Waals surface area contributed by atoms with Gasteiger partial charge in [0, 0.05) is 19.2 Å². The van der Waals surface area contributed by atoms with Gasteiger partial charge in [-0.1, -0.05) is 0 Å². The van der Waals surface area contributed by atoms with E-state index in [1.54, 1.807) is 27.4 Å². The second kappa shape index (κ2) is 8.88. The van der Waals surface area contributed by atoms with Crippen molar-refractivity contribution in [3.05, 3.63) is 29.3 Å². The Morgan fingerprint density at radius 2 is 1.69 bits per heavy atom. The fraction of sp³-hybridized carbons (Fsp3) is 0.429. The van der Waals surface area contributed by atoms with Crippen LogP contribution in [0.25, 0.3) is 12.2 Å². The highest BCUT2D eigenvalue weighted by Crippen LogP contribution is 2.38. The lowest BCUT2D eigenvalue weighted by Crippen LogP contribution is -2.45. The van der Waals surface area contributed by atoms with Crippen molar-refractivity contribution in [2.45, 2.75) is 26.1 Å². The fourth-order valence-corrected chi connectivity index (χ4v) is 3.40. The number of hydrogen-bond acceptors (Lipinski definition) is 8. The SMILES string of the molecule is COc1cc(/C=C/c2nc(C#N)c(N3C[C@@H](C)O[C@@H](C)C3)o2)cc(OC)c1OC. The van der Waals surface area contributed by atoms with Crippen molar-refractivity contribution in [2.24, 2.45) is 0 Å². The second-order valence-electron chi connectivity index (χ2n) is 6.77. The molecule has 1 aliphatic heterocycles. The van der Waals surface area contributed by atoms with Gasteiger partial charge in [0.1, 0.15) is 6.07 Å². The number of methoxy groups -OCH3 is 3. The van der Waals surface area contributed by atoms with Gasteiger partial charge in [-0.05, 0) is 37.6 Å². The molecule has 0 aliphatic carbocycles. The zero-order valence-electron chi connectivity index (χ0n) is 17.3. The summed E-state index contributed by atoms with van der Waals surface area (Å²) in [6.07, 6.45) is 3.62. The summed E-state index contributed by atoms with van der Waals surface area (Å²) < 4.78 is 27.7. The quantitative estimate of drug-likeness (QED) is 0.730. The van der Waals surface area contributed by atoms with Crippen LogP contribution >= 0.6 is 0 Å². The van der Waals surface area contributed by atoms with Crippen molar-refractivity contribution < 1.29 is 23.4 Å². The van der Waals surface area contributed by atoms with Gasteiger partial charge in [-0.3, -0.25) is 0 Å². The molecule has 0 N–H and O–H groups in total. The van der Waals surface area contributed by atoms with Crippen LogP contribution in [0.2, 0.25) is 0 Å². The van der Waals surface area contributed by atoms with Crippen LogP contribution in [-0.4, -0.2) is 51.6 Å². The van der Waals surface area contributed by atoms with E-state index in [0.717, 1.165) is 5.56 Å². The smallest absolute Gasteiger partial charge is 0.235 e. The third-order valence-electron chi connectivity index (χ3n) is 4.54. The van der Waals surface area contributed by atoms with Crippen LogP contribution in [0, 0.1) is 11.3 Å². The number of oxazole rings is 1. The van der Waals surface area contributed by atoms with E-state index in [2.05, 4.69) is 11.1 Å². The minimum absolute atomic E-state index is 0.0496. The zero-order chi connectivity index (χ0) is 21.0. The summed E-state index contributed by atoms with van der Waals surface area (Å²) >= 11 is 0. The molecule has 3 rings (SSSR count). The lowest BCUT2D eigenvalue weighted by molar-refractivity contribution is -0.00642. The number of ether oxygens (including phenoxy) is 4. The Balaban J connectivity index is 1.88. The van der Waals surface area contributed by atoms with Crippen molar-refractivity contribution in [3.63, 3.8) is 0 Å². The average Bonchev–Trinajstić information content (AvgIpc) is 3.14. The molecule has 0 saturated carbocycles. The van der Waals surface area contributed by atoms with Gasteiger partial charge >= 0.3 is 0 Å². The fourth-order valence-electron chi connectivity index (χ4n) is 3.40. The molecular weight excluding hydrogens is 374 g/mol. The van der Waals surface area contributed by atoms with E-state index in [9.17, 15) is 5.26 Å². The summed E-state index contributed by atoms with van der Waals surface area (Å²) in [6, 6.07) is 5.75. The number of benzene rings is 1. The van der Waals surface area contributed by atoms with Gasteiger partial charge in [-0.25, -0.2) is 0 Å². The van der Waals surface area contributed by atoms with Crippen molar-refractivity contribution >= 4 is 18.0 Å². The van der Waals surface area contributed by atoms with E-state index in [1.165, 1.54) is 0 Å². The van der Waals surface area contributed by atoms with Crippen molar-refractivity contribution in [3.8, 4) is 23.3 Å². The molecule has 0 bridgehead atoms. The molecule has 2 aromatic rings. The predicted molar refractivity (Wildman–Crippen MR) is 108 cm³/mol. The topological polar surface area (TPSA) is 90.0 Å². The minimum Gasteiger partial charge on any atom is -0.493 e. The molecule has 1 fully saturated rings. The summed E-state index contributed by atoms with van der Waals surface area (Å²) in [5.41, 5.74) is 1.07. The predicted octanol–water partition coefficient (Wildman–Crippen LogP) is 3.36. The normalized spacial score (nSPS) is 19.2. The lowest BCUT2D eigenvalue weighted by Gasteiger charge is -2.34. The first-order chi connectivity index (χ1) is 14.0. The van der Waals surface area contributed by atoms with Gasteiger partial charge in [-0.2, -0.15) is 10.2 Å². The van der Waals surface area contributed by atoms with Gasteiger partial charge in [-0.15, -0.1) is 0 Å². The Bertz CT molecular complexity index is 896. The van der Waals surface area contributed by atoms with Gasteiger partial charge in [0.05, 0.1) is 33.5 Å². The molecule has 0 unspecified atom stereocenters. The maximum atomic E-state index is 9.47. The molecule has 0 radical (unpaired) electrons. The molecule has 0 amide bonds. The number of morpholine rings is 1. The van der Waals surface area contributed by atoms with Crippen LogP contribution < -0.4 is 19.1 Å². The molecule has 29 heavy (non-hydrogen) atoms. The number of hydrogen-bond donors (Lipinski definition) is 0. The average molecular weight is 399 g/mol. The van der Waals surface area contributed by atoms with Crippen LogP contribution in [0.5, 0.6) is 17.2 Å². The summed E-state index contributed by atoms with van der Waals surface area (Å²) in [6.45, 7) is 5.28. The molecule has 2 heterocycles. The molecule has 0 spiro atoms. The third kappa shape index (κ3) is 4.46. The highest BCUT2D eigenvalue weighted by molar-refractivity contribution is 5.71. The minimum atomic E-state index is 0.0496. The first kappa shape index (κ1) is 20.6.